The lowest BCUT2D eigenvalue weighted by Gasteiger charge is -2.39. The molecule has 0 N–H and O–H groups in total. The number of fused-ring (bicyclic) bond motifs is 3. The Morgan fingerprint density at radius 2 is 1.61 bits per heavy atom. The Balaban J connectivity index is 1.63. The smallest absolute Gasteiger partial charge is 0.215 e. The molecule has 3 aromatic rings. The second-order valence-electron chi connectivity index (χ2n) is 7.66. The fourth-order valence-corrected chi connectivity index (χ4v) is 5.27. The number of ether oxygens (including phenoxy) is 3. The molecule has 2 aliphatic heterocycles. The summed E-state index contributed by atoms with van der Waals surface area (Å²) in [4.78, 5) is 0. The van der Waals surface area contributed by atoms with Crippen LogP contribution in [0.1, 0.15) is 35.4 Å². The monoisotopic (exact) mass is 522 g/mol. The molecule has 0 amide bonds. The molecule has 170 valence electrons. The van der Waals surface area contributed by atoms with Crippen LogP contribution >= 0.6 is 46.4 Å². The quantitative estimate of drug-likeness (QED) is 0.354. The zero-order chi connectivity index (χ0) is 23.3. The summed E-state index contributed by atoms with van der Waals surface area (Å²) in [6, 6.07) is 14.4. The molecule has 0 spiro atoms. The van der Waals surface area contributed by atoms with Gasteiger partial charge in [-0.2, -0.15) is 5.10 Å². The third-order valence-electron chi connectivity index (χ3n) is 5.75. The first kappa shape index (κ1) is 22.5. The second kappa shape index (κ2) is 8.80. The molecule has 3 aromatic carbocycles. The second-order valence-corrected chi connectivity index (χ2v) is 9.35. The molecule has 2 heterocycles. The van der Waals surface area contributed by atoms with E-state index in [1.54, 1.807) is 32.4 Å². The highest BCUT2D eigenvalue weighted by Gasteiger charge is 2.42. The van der Waals surface area contributed by atoms with Gasteiger partial charge >= 0.3 is 0 Å². The Hall–Kier alpha value is -2.31. The van der Waals surface area contributed by atoms with E-state index in [9.17, 15) is 0 Å². The lowest BCUT2D eigenvalue weighted by Crippen LogP contribution is -2.34. The Kier molecular flexibility index (Phi) is 6.00. The van der Waals surface area contributed by atoms with Gasteiger partial charge in [0, 0.05) is 33.2 Å². The van der Waals surface area contributed by atoms with E-state index in [-0.39, 0.29) is 6.04 Å². The van der Waals surface area contributed by atoms with Crippen LogP contribution in [0.5, 0.6) is 17.2 Å². The van der Waals surface area contributed by atoms with Gasteiger partial charge in [0.15, 0.2) is 11.5 Å². The Bertz CT molecular complexity index is 1280. The SMILES string of the molecule is COc1ccc(C2=NN3[C@H](C2)c2cc(Cl)cc(Cl)c2O[C@@H]3c2ccc(Cl)cc2Cl)cc1OC. The molecular formula is C24H18Cl4N2O3. The molecule has 5 rings (SSSR count). The first-order chi connectivity index (χ1) is 15.9. The van der Waals surface area contributed by atoms with E-state index >= 15 is 0 Å². The predicted octanol–water partition coefficient (Wildman–Crippen LogP) is 7.56. The molecule has 0 saturated heterocycles. The third kappa shape index (κ3) is 3.97. The average molecular weight is 524 g/mol. The summed E-state index contributed by atoms with van der Waals surface area (Å²) in [6.45, 7) is 0. The number of rotatable bonds is 4. The van der Waals surface area contributed by atoms with Crippen molar-refractivity contribution in [3.8, 4) is 17.2 Å². The van der Waals surface area contributed by atoms with Crippen molar-refractivity contribution < 1.29 is 14.2 Å². The Morgan fingerprint density at radius 1 is 0.848 bits per heavy atom. The number of hydrazone groups is 1. The van der Waals surface area contributed by atoms with Crippen molar-refractivity contribution in [3.63, 3.8) is 0 Å². The third-order valence-corrected chi connectivity index (χ3v) is 6.81. The van der Waals surface area contributed by atoms with Gasteiger partial charge in [0.05, 0.1) is 36.0 Å². The topological polar surface area (TPSA) is 43.3 Å². The minimum Gasteiger partial charge on any atom is -0.493 e. The standard InChI is InChI=1S/C24H18Cl4N2O3/c1-31-21-6-3-12(7-22(21)32-2)19-11-20-16-8-14(26)10-18(28)23(16)33-24(30(20)29-19)15-5-4-13(25)9-17(15)27/h3-10,20,24H,11H2,1-2H3/t20-,24-/m1/s1. The van der Waals surface area contributed by atoms with Gasteiger partial charge in [-0.25, -0.2) is 5.01 Å². The summed E-state index contributed by atoms with van der Waals surface area (Å²) < 4.78 is 17.2. The summed E-state index contributed by atoms with van der Waals surface area (Å²) in [7, 11) is 3.21. The lowest BCUT2D eigenvalue weighted by atomic mass is 9.95. The van der Waals surface area contributed by atoms with Crippen molar-refractivity contribution in [2.24, 2.45) is 5.10 Å². The molecule has 0 unspecified atom stereocenters. The van der Waals surface area contributed by atoms with Gasteiger partial charge in [0.1, 0.15) is 5.75 Å². The van der Waals surface area contributed by atoms with Crippen LogP contribution in [-0.4, -0.2) is 24.9 Å². The van der Waals surface area contributed by atoms with Crippen molar-refractivity contribution in [3.05, 3.63) is 85.3 Å². The molecule has 0 fully saturated rings. The number of halogens is 4. The van der Waals surface area contributed by atoms with Gasteiger partial charge in [-0.3, -0.25) is 0 Å². The lowest BCUT2D eigenvalue weighted by molar-refractivity contribution is -0.0188. The average Bonchev–Trinajstić information content (AvgIpc) is 3.24. The molecule has 0 bridgehead atoms. The van der Waals surface area contributed by atoms with Crippen molar-refractivity contribution in [1.82, 2.24) is 5.01 Å². The number of hydrogen-bond donors (Lipinski definition) is 0. The van der Waals surface area contributed by atoms with Crippen molar-refractivity contribution in [2.45, 2.75) is 18.7 Å². The zero-order valence-electron chi connectivity index (χ0n) is 17.6. The van der Waals surface area contributed by atoms with Gasteiger partial charge in [0.2, 0.25) is 6.23 Å². The summed E-state index contributed by atoms with van der Waals surface area (Å²) in [5.41, 5.74) is 3.38. The van der Waals surface area contributed by atoms with Gasteiger partial charge < -0.3 is 14.2 Å². The highest BCUT2D eigenvalue weighted by molar-refractivity contribution is 6.36. The van der Waals surface area contributed by atoms with Crippen LogP contribution in [0.2, 0.25) is 20.1 Å². The minimum atomic E-state index is -0.594. The summed E-state index contributed by atoms with van der Waals surface area (Å²) >= 11 is 25.5. The summed E-state index contributed by atoms with van der Waals surface area (Å²) in [6.07, 6.45) is 0.0214. The molecule has 0 aliphatic carbocycles. The Labute approximate surface area is 211 Å². The summed E-state index contributed by atoms with van der Waals surface area (Å²) in [5.74, 6) is 1.85. The largest absolute Gasteiger partial charge is 0.493 e. The van der Waals surface area contributed by atoms with Crippen LogP contribution < -0.4 is 14.2 Å². The van der Waals surface area contributed by atoms with E-state index < -0.39 is 6.23 Å². The molecule has 0 aromatic heterocycles. The van der Waals surface area contributed by atoms with Gasteiger partial charge in [-0.05, 0) is 42.5 Å². The number of hydrogen-bond acceptors (Lipinski definition) is 5. The van der Waals surface area contributed by atoms with Gasteiger partial charge in [-0.1, -0.05) is 52.5 Å². The van der Waals surface area contributed by atoms with E-state index in [1.165, 1.54) is 0 Å². The minimum absolute atomic E-state index is 0.148. The van der Waals surface area contributed by atoms with Crippen LogP contribution in [-0.2, 0) is 0 Å². The zero-order valence-corrected chi connectivity index (χ0v) is 20.6. The number of methoxy groups -OCH3 is 2. The van der Waals surface area contributed by atoms with Crippen LogP contribution in [0.25, 0.3) is 0 Å². The molecule has 9 heteroatoms. The van der Waals surface area contributed by atoms with Crippen LogP contribution in [0.4, 0.5) is 0 Å². The highest BCUT2D eigenvalue weighted by Crippen LogP contribution is 2.51. The molecule has 2 aliphatic rings. The number of nitrogens with zero attached hydrogens (tertiary/aromatic N) is 2. The maximum absolute atomic E-state index is 6.55. The maximum Gasteiger partial charge on any atom is 0.215 e. The van der Waals surface area contributed by atoms with Gasteiger partial charge in [-0.15, -0.1) is 0 Å². The normalized spacial score (nSPS) is 18.8. The first-order valence-electron chi connectivity index (χ1n) is 10.1. The fourth-order valence-electron chi connectivity index (χ4n) is 4.21. The molecule has 0 radical (unpaired) electrons. The van der Waals surface area contributed by atoms with E-state index in [0.29, 0.717) is 43.8 Å². The van der Waals surface area contributed by atoms with E-state index in [0.717, 1.165) is 22.4 Å². The van der Waals surface area contributed by atoms with Crippen LogP contribution in [0.15, 0.2) is 53.6 Å². The van der Waals surface area contributed by atoms with E-state index in [1.807, 2.05) is 35.3 Å². The fraction of sp³-hybridized carbons (Fsp3) is 0.208. The predicted molar refractivity (Wildman–Crippen MR) is 132 cm³/mol. The molecule has 2 atom stereocenters. The van der Waals surface area contributed by atoms with E-state index in [2.05, 4.69) is 0 Å². The first-order valence-corrected chi connectivity index (χ1v) is 11.6. The highest BCUT2D eigenvalue weighted by atomic mass is 35.5. The van der Waals surface area contributed by atoms with Crippen molar-refractivity contribution in [1.29, 1.82) is 0 Å². The van der Waals surface area contributed by atoms with Crippen LogP contribution in [0, 0.1) is 0 Å². The van der Waals surface area contributed by atoms with Crippen molar-refractivity contribution >= 4 is 52.1 Å². The van der Waals surface area contributed by atoms with Crippen molar-refractivity contribution in [2.75, 3.05) is 14.2 Å². The number of benzene rings is 3. The molecule has 33 heavy (non-hydrogen) atoms. The Morgan fingerprint density at radius 3 is 2.33 bits per heavy atom. The van der Waals surface area contributed by atoms with Crippen LogP contribution in [0.3, 0.4) is 0 Å². The van der Waals surface area contributed by atoms with E-state index in [4.69, 9.17) is 65.7 Å². The molecule has 5 nitrogen and oxygen atoms in total. The van der Waals surface area contributed by atoms with Gasteiger partial charge in [0.25, 0.3) is 0 Å². The maximum atomic E-state index is 6.55. The molecular weight excluding hydrogens is 506 g/mol. The molecule has 0 saturated carbocycles. The summed E-state index contributed by atoms with van der Waals surface area (Å²) in [5, 5.41) is 8.83.